The first-order valence-corrected chi connectivity index (χ1v) is 14.5. The van der Waals surface area contributed by atoms with Gasteiger partial charge in [0.05, 0.1) is 40.7 Å². The van der Waals surface area contributed by atoms with E-state index in [1.54, 1.807) is 28.9 Å². The summed E-state index contributed by atoms with van der Waals surface area (Å²) in [5.41, 5.74) is 2.19. The summed E-state index contributed by atoms with van der Waals surface area (Å²) in [7, 11) is 1.53. The molecule has 8 rings (SSSR count). The molecule has 0 atom stereocenters. The molecule has 0 saturated heterocycles. The number of methoxy groups -OCH3 is 1. The Morgan fingerprint density at radius 2 is 1.60 bits per heavy atom. The van der Waals surface area contributed by atoms with Gasteiger partial charge in [-0.15, -0.1) is 0 Å². The van der Waals surface area contributed by atoms with E-state index in [4.69, 9.17) is 14.6 Å². The van der Waals surface area contributed by atoms with Gasteiger partial charge >= 0.3 is 0 Å². The molecule has 9 nitrogen and oxygen atoms in total. The van der Waals surface area contributed by atoms with E-state index in [1.165, 1.54) is 38.5 Å². The number of nitrogens with one attached hydrogen (secondary N) is 1. The van der Waals surface area contributed by atoms with E-state index >= 15 is 0 Å². The molecule has 0 radical (unpaired) electrons. The van der Waals surface area contributed by atoms with Crippen LogP contribution in [0.3, 0.4) is 0 Å². The molecule has 4 bridgehead atoms. The second-order valence-corrected chi connectivity index (χ2v) is 12.0. The zero-order valence-corrected chi connectivity index (χ0v) is 23.4. The Hall–Kier alpha value is -4.66. The van der Waals surface area contributed by atoms with E-state index in [1.807, 2.05) is 42.6 Å². The van der Waals surface area contributed by atoms with E-state index in [-0.39, 0.29) is 28.4 Å². The number of nitrogens with zero attached hydrogens (tertiary/aromatic N) is 3. The lowest BCUT2D eigenvalue weighted by Crippen LogP contribution is -2.49. The minimum atomic E-state index is -0.501. The molecule has 1 N–H and O–H groups in total. The van der Waals surface area contributed by atoms with Gasteiger partial charge in [0.15, 0.2) is 11.5 Å². The summed E-state index contributed by atoms with van der Waals surface area (Å²) in [5.74, 6) is 2.81. The molecule has 42 heavy (non-hydrogen) atoms. The van der Waals surface area contributed by atoms with Crippen LogP contribution in [0.1, 0.15) is 54.6 Å². The number of benzene rings is 3. The molecule has 1 heterocycles. The normalized spacial score (nSPS) is 23.9. The minimum Gasteiger partial charge on any atom is -0.493 e. The number of amides is 1. The van der Waals surface area contributed by atoms with Crippen LogP contribution in [0.2, 0.25) is 0 Å². The van der Waals surface area contributed by atoms with Crippen LogP contribution >= 0.6 is 0 Å². The molecule has 1 amide bonds. The number of carbonyl (C=O) groups is 1. The molecule has 9 heteroatoms. The van der Waals surface area contributed by atoms with Crippen LogP contribution in [0.5, 0.6) is 17.2 Å². The number of rotatable bonds is 8. The van der Waals surface area contributed by atoms with Crippen molar-refractivity contribution < 1.29 is 19.2 Å². The smallest absolute Gasteiger partial charge is 0.275 e. The highest BCUT2D eigenvalue weighted by Gasteiger charge is 2.54. The molecular weight excluding hydrogens is 532 g/mol. The number of anilines is 1. The van der Waals surface area contributed by atoms with E-state index in [0.717, 1.165) is 30.6 Å². The third kappa shape index (κ3) is 4.78. The van der Waals surface area contributed by atoms with E-state index in [2.05, 4.69) is 5.32 Å². The number of non-ortho nitro benzene ring substituents is 1. The summed E-state index contributed by atoms with van der Waals surface area (Å²) in [6, 6.07) is 21.1. The van der Waals surface area contributed by atoms with Crippen LogP contribution in [0.25, 0.3) is 5.69 Å². The fourth-order valence-electron chi connectivity index (χ4n) is 7.89. The van der Waals surface area contributed by atoms with Crippen molar-refractivity contribution in [2.75, 3.05) is 12.4 Å². The third-order valence-electron chi connectivity index (χ3n) is 9.18. The predicted molar refractivity (Wildman–Crippen MR) is 158 cm³/mol. The van der Waals surface area contributed by atoms with Gasteiger partial charge in [-0.3, -0.25) is 14.9 Å². The molecule has 0 unspecified atom stereocenters. The zero-order valence-electron chi connectivity index (χ0n) is 23.4. The molecule has 4 aromatic rings. The molecule has 4 aliphatic carbocycles. The summed E-state index contributed by atoms with van der Waals surface area (Å²) in [5, 5.41) is 19.8. The zero-order chi connectivity index (χ0) is 28.8. The predicted octanol–water partition coefficient (Wildman–Crippen LogP) is 7.30. The lowest BCUT2D eigenvalue weighted by atomic mass is 9.48. The molecule has 214 valence electrons. The largest absolute Gasteiger partial charge is 0.493 e. The monoisotopic (exact) mass is 564 g/mol. The van der Waals surface area contributed by atoms with Crippen molar-refractivity contribution in [3.63, 3.8) is 0 Å². The van der Waals surface area contributed by atoms with Crippen LogP contribution in [0, 0.1) is 27.9 Å². The van der Waals surface area contributed by atoms with Crippen LogP contribution in [0.4, 0.5) is 11.4 Å². The van der Waals surface area contributed by atoms with Gasteiger partial charge in [0.25, 0.3) is 11.6 Å². The van der Waals surface area contributed by atoms with E-state index < -0.39 is 4.92 Å². The van der Waals surface area contributed by atoms with Crippen LogP contribution in [-0.4, -0.2) is 27.7 Å². The molecular formula is C33H32N4O5. The molecule has 4 saturated carbocycles. The van der Waals surface area contributed by atoms with Gasteiger partial charge < -0.3 is 14.8 Å². The summed E-state index contributed by atoms with van der Waals surface area (Å²) < 4.78 is 13.1. The Bertz CT molecular complexity index is 1630. The number of para-hydroxylation sites is 3. The van der Waals surface area contributed by atoms with E-state index in [0.29, 0.717) is 34.8 Å². The average molecular weight is 565 g/mol. The maximum absolute atomic E-state index is 14.0. The summed E-state index contributed by atoms with van der Waals surface area (Å²) in [6.07, 6.45) is 8.81. The number of hydrogen-bond donors (Lipinski definition) is 1. The average Bonchev–Trinajstić information content (AvgIpc) is 3.44. The number of nitro groups is 1. The Kier molecular flexibility index (Phi) is 6.45. The van der Waals surface area contributed by atoms with Crippen molar-refractivity contribution in [3.8, 4) is 22.9 Å². The van der Waals surface area contributed by atoms with E-state index in [9.17, 15) is 14.9 Å². The first-order chi connectivity index (χ1) is 20.4. The third-order valence-corrected chi connectivity index (χ3v) is 9.18. The molecule has 0 aliphatic heterocycles. The van der Waals surface area contributed by atoms with Crippen LogP contribution in [0.15, 0.2) is 79.0 Å². The van der Waals surface area contributed by atoms with Gasteiger partial charge in [-0.25, -0.2) is 4.68 Å². The SMILES string of the molecule is COc1ccccc1Oc1cc(NC(=O)c2cn(-c3ccccc3)nc2C23CC4CC(CC(C4)C2)C3)cc([N+](=O)[O-])c1. The maximum atomic E-state index is 14.0. The highest BCUT2D eigenvalue weighted by atomic mass is 16.6. The summed E-state index contributed by atoms with van der Waals surface area (Å²) in [4.78, 5) is 25.3. The van der Waals surface area contributed by atoms with Gasteiger partial charge in [-0.2, -0.15) is 5.10 Å². The lowest BCUT2D eigenvalue weighted by Gasteiger charge is -2.56. The van der Waals surface area contributed by atoms with Gasteiger partial charge in [-0.05, 0) is 80.5 Å². The summed E-state index contributed by atoms with van der Waals surface area (Å²) >= 11 is 0. The van der Waals surface area contributed by atoms with Crippen molar-refractivity contribution >= 4 is 17.3 Å². The molecule has 4 fully saturated rings. The number of aromatic nitrogens is 2. The molecule has 0 spiro atoms. The van der Waals surface area contributed by atoms with Crippen molar-refractivity contribution in [1.82, 2.24) is 9.78 Å². The molecule has 4 aliphatic rings. The van der Waals surface area contributed by atoms with Gasteiger partial charge in [0.2, 0.25) is 0 Å². The van der Waals surface area contributed by atoms with Gasteiger partial charge in [0.1, 0.15) is 5.75 Å². The van der Waals surface area contributed by atoms with Crippen molar-refractivity contribution in [2.24, 2.45) is 17.8 Å². The molecule has 3 aromatic carbocycles. The second-order valence-electron chi connectivity index (χ2n) is 12.0. The highest BCUT2D eigenvalue weighted by molar-refractivity contribution is 6.05. The maximum Gasteiger partial charge on any atom is 0.275 e. The number of hydrogen-bond acceptors (Lipinski definition) is 6. The minimum absolute atomic E-state index is 0.123. The topological polar surface area (TPSA) is 109 Å². The highest BCUT2D eigenvalue weighted by Crippen LogP contribution is 2.61. The lowest BCUT2D eigenvalue weighted by molar-refractivity contribution is -0.384. The van der Waals surface area contributed by atoms with Crippen LogP contribution in [-0.2, 0) is 5.41 Å². The van der Waals surface area contributed by atoms with Gasteiger partial charge in [-0.1, -0.05) is 30.3 Å². The second kappa shape index (κ2) is 10.3. The molecule has 1 aromatic heterocycles. The van der Waals surface area contributed by atoms with Crippen molar-refractivity contribution in [2.45, 2.75) is 43.9 Å². The fourth-order valence-corrected chi connectivity index (χ4v) is 7.89. The number of carbonyl (C=O) groups excluding carboxylic acids is 1. The Labute approximate surface area is 243 Å². The number of ether oxygens (including phenoxy) is 2. The summed E-state index contributed by atoms with van der Waals surface area (Å²) in [6.45, 7) is 0. The number of nitro benzene ring substituents is 1. The first-order valence-electron chi connectivity index (χ1n) is 14.5. The first kappa shape index (κ1) is 26.3. The quantitative estimate of drug-likeness (QED) is 0.178. The Morgan fingerprint density at radius 3 is 2.24 bits per heavy atom. The standard InChI is InChI=1S/C33H32N4O5/c1-41-29-9-5-6-10-30(29)42-27-15-24(14-26(16-27)37(39)40)34-32(38)28-20-36(25-7-3-2-4-8-25)35-31(28)33-17-21-11-22(18-33)13-23(12-21)19-33/h2-10,14-16,20-23H,11-13,17-19H2,1H3,(H,34,38). The van der Waals surface area contributed by atoms with Crippen molar-refractivity contribution in [3.05, 3.63) is 100 Å². The fraction of sp³-hybridized carbons (Fsp3) is 0.333. The Morgan fingerprint density at radius 1 is 0.952 bits per heavy atom. The van der Waals surface area contributed by atoms with Gasteiger partial charge in [0, 0.05) is 23.7 Å². The van der Waals surface area contributed by atoms with Crippen LogP contribution < -0.4 is 14.8 Å². The Balaban J connectivity index is 1.25. The van der Waals surface area contributed by atoms with Crippen molar-refractivity contribution in [1.29, 1.82) is 0 Å².